The summed E-state index contributed by atoms with van der Waals surface area (Å²) >= 11 is 3.98. The summed E-state index contributed by atoms with van der Waals surface area (Å²) in [6.45, 7) is 0.608. The number of carbonyl (C=O) groups is 1. The number of thiol groups is 1. The number of ether oxygens (including phenoxy) is 1. The van der Waals surface area contributed by atoms with Crippen LogP contribution in [0.3, 0.4) is 0 Å². The molecular formula is C11H20O2S. The van der Waals surface area contributed by atoms with Gasteiger partial charge < -0.3 is 4.74 Å². The third-order valence-electron chi connectivity index (χ3n) is 2.83. The number of rotatable bonds is 5. The van der Waals surface area contributed by atoms with Crippen LogP contribution in [0.25, 0.3) is 0 Å². The first-order valence-electron chi connectivity index (χ1n) is 5.59. The number of carbonyl (C=O) groups excluding carboxylic acids is 1. The van der Waals surface area contributed by atoms with Crippen molar-refractivity contribution in [3.63, 3.8) is 0 Å². The fourth-order valence-corrected chi connectivity index (χ4v) is 2.16. The van der Waals surface area contributed by atoms with Gasteiger partial charge in [0.05, 0.1) is 13.0 Å². The largest absolute Gasteiger partial charge is 0.466 e. The first kappa shape index (κ1) is 11.9. The van der Waals surface area contributed by atoms with E-state index in [4.69, 9.17) is 4.74 Å². The number of hydrogen-bond acceptors (Lipinski definition) is 3. The summed E-state index contributed by atoms with van der Waals surface area (Å²) in [6.07, 6.45) is 8.24. The molecule has 0 aromatic rings. The van der Waals surface area contributed by atoms with Crippen LogP contribution in [0.5, 0.6) is 0 Å². The molecule has 0 unspecified atom stereocenters. The van der Waals surface area contributed by atoms with Crippen LogP contribution in [0.15, 0.2) is 0 Å². The van der Waals surface area contributed by atoms with Gasteiger partial charge in [0.2, 0.25) is 0 Å². The second-order valence-electron chi connectivity index (χ2n) is 3.99. The summed E-state index contributed by atoms with van der Waals surface area (Å²) < 4.78 is 5.10. The Kier molecular flexibility index (Phi) is 6.08. The zero-order valence-corrected chi connectivity index (χ0v) is 9.60. The van der Waals surface area contributed by atoms with Gasteiger partial charge in [0.25, 0.3) is 0 Å². The second kappa shape index (κ2) is 7.16. The van der Waals surface area contributed by atoms with Crippen molar-refractivity contribution in [3.8, 4) is 0 Å². The van der Waals surface area contributed by atoms with Gasteiger partial charge in [-0.25, -0.2) is 0 Å². The first-order valence-corrected chi connectivity index (χ1v) is 6.22. The molecule has 14 heavy (non-hydrogen) atoms. The summed E-state index contributed by atoms with van der Waals surface area (Å²) in [6, 6.07) is 0. The third kappa shape index (κ3) is 4.89. The van der Waals surface area contributed by atoms with Crippen LogP contribution in [0.2, 0.25) is 0 Å². The molecule has 0 N–H and O–H groups in total. The second-order valence-corrected chi connectivity index (χ2v) is 4.43. The highest BCUT2D eigenvalue weighted by Gasteiger charge is 2.13. The van der Waals surface area contributed by atoms with E-state index in [1.165, 1.54) is 32.1 Å². The molecular weight excluding hydrogens is 196 g/mol. The van der Waals surface area contributed by atoms with Gasteiger partial charge in [-0.3, -0.25) is 4.79 Å². The van der Waals surface area contributed by atoms with Crippen LogP contribution < -0.4 is 0 Å². The minimum atomic E-state index is -0.101. The molecule has 0 radical (unpaired) electrons. The van der Waals surface area contributed by atoms with E-state index in [-0.39, 0.29) is 5.97 Å². The molecule has 0 saturated heterocycles. The maximum Gasteiger partial charge on any atom is 0.306 e. The van der Waals surface area contributed by atoms with Crippen LogP contribution in [0.1, 0.15) is 44.9 Å². The summed E-state index contributed by atoms with van der Waals surface area (Å²) in [5.74, 6) is 1.28. The fraction of sp³-hybridized carbons (Fsp3) is 0.909. The van der Waals surface area contributed by atoms with Gasteiger partial charge in [-0.05, 0) is 12.3 Å². The molecule has 0 amide bonds. The first-order chi connectivity index (χ1) is 6.83. The van der Waals surface area contributed by atoms with Gasteiger partial charge in [0.1, 0.15) is 0 Å². The van der Waals surface area contributed by atoms with E-state index in [0.717, 1.165) is 12.3 Å². The summed E-state index contributed by atoms with van der Waals surface area (Å²) in [4.78, 5) is 11.0. The Morgan fingerprint density at radius 1 is 1.29 bits per heavy atom. The average molecular weight is 216 g/mol. The van der Waals surface area contributed by atoms with E-state index in [9.17, 15) is 4.79 Å². The van der Waals surface area contributed by atoms with E-state index in [0.29, 0.717) is 18.8 Å². The topological polar surface area (TPSA) is 26.3 Å². The van der Waals surface area contributed by atoms with E-state index in [1.54, 1.807) is 0 Å². The Labute approximate surface area is 91.8 Å². The zero-order valence-electron chi connectivity index (χ0n) is 8.71. The SMILES string of the molecule is O=C(CCS)OCCC1CCCCC1. The van der Waals surface area contributed by atoms with Crippen LogP contribution in [0.4, 0.5) is 0 Å². The molecule has 0 bridgehead atoms. The van der Waals surface area contributed by atoms with Gasteiger partial charge in [0.15, 0.2) is 0 Å². The fourth-order valence-electron chi connectivity index (χ4n) is 1.98. The predicted octanol–water partition coefficient (Wildman–Crippen LogP) is 2.82. The van der Waals surface area contributed by atoms with Crippen molar-refractivity contribution in [2.45, 2.75) is 44.9 Å². The Bertz CT molecular complexity index is 165. The molecule has 0 aromatic heterocycles. The minimum Gasteiger partial charge on any atom is -0.466 e. The molecule has 0 aliphatic heterocycles. The summed E-state index contributed by atoms with van der Waals surface area (Å²) in [5.41, 5.74) is 0. The molecule has 0 aromatic carbocycles. The summed E-state index contributed by atoms with van der Waals surface area (Å²) in [7, 11) is 0. The Balaban J connectivity index is 1.99. The van der Waals surface area contributed by atoms with Crippen LogP contribution >= 0.6 is 12.6 Å². The van der Waals surface area contributed by atoms with Gasteiger partial charge in [0, 0.05) is 5.75 Å². The molecule has 1 aliphatic rings. The molecule has 1 rings (SSSR count). The van der Waals surface area contributed by atoms with Crippen molar-refractivity contribution in [1.82, 2.24) is 0 Å². The van der Waals surface area contributed by atoms with Gasteiger partial charge in [-0.2, -0.15) is 12.6 Å². The Hall–Kier alpha value is -0.180. The number of esters is 1. The van der Waals surface area contributed by atoms with E-state index in [1.807, 2.05) is 0 Å². The smallest absolute Gasteiger partial charge is 0.306 e. The van der Waals surface area contributed by atoms with E-state index in [2.05, 4.69) is 12.6 Å². The van der Waals surface area contributed by atoms with Crippen molar-refractivity contribution in [3.05, 3.63) is 0 Å². The normalized spacial score (nSPS) is 18.1. The monoisotopic (exact) mass is 216 g/mol. The molecule has 2 nitrogen and oxygen atoms in total. The maximum atomic E-state index is 11.0. The number of hydrogen-bond donors (Lipinski definition) is 1. The lowest BCUT2D eigenvalue weighted by molar-refractivity contribution is -0.143. The highest BCUT2D eigenvalue weighted by Crippen LogP contribution is 2.26. The molecule has 82 valence electrons. The minimum absolute atomic E-state index is 0.101. The third-order valence-corrected chi connectivity index (χ3v) is 3.05. The lowest BCUT2D eigenvalue weighted by Gasteiger charge is -2.20. The maximum absolute atomic E-state index is 11.0. The zero-order chi connectivity index (χ0) is 10.2. The van der Waals surface area contributed by atoms with Crippen molar-refractivity contribution in [1.29, 1.82) is 0 Å². The molecule has 1 fully saturated rings. The predicted molar refractivity (Wildman–Crippen MR) is 60.6 cm³/mol. The van der Waals surface area contributed by atoms with Gasteiger partial charge >= 0.3 is 5.97 Å². The van der Waals surface area contributed by atoms with Gasteiger partial charge in [-0.1, -0.05) is 32.1 Å². The lowest BCUT2D eigenvalue weighted by Crippen LogP contribution is -2.12. The Morgan fingerprint density at radius 3 is 2.64 bits per heavy atom. The average Bonchev–Trinajstić information content (AvgIpc) is 2.20. The highest BCUT2D eigenvalue weighted by atomic mass is 32.1. The molecule has 3 heteroatoms. The lowest BCUT2D eigenvalue weighted by atomic mass is 9.87. The van der Waals surface area contributed by atoms with Crippen molar-refractivity contribution < 1.29 is 9.53 Å². The molecule has 0 heterocycles. The summed E-state index contributed by atoms with van der Waals surface area (Å²) in [5, 5.41) is 0. The van der Waals surface area contributed by atoms with Crippen molar-refractivity contribution >= 4 is 18.6 Å². The van der Waals surface area contributed by atoms with Crippen LogP contribution in [0, 0.1) is 5.92 Å². The van der Waals surface area contributed by atoms with Gasteiger partial charge in [-0.15, -0.1) is 0 Å². The van der Waals surface area contributed by atoms with Crippen LogP contribution in [-0.4, -0.2) is 18.3 Å². The van der Waals surface area contributed by atoms with E-state index >= 15 is 0 Å². The molecule has 1 saturated carbocycles. The van der Waals surface area contributed by atoms with Crippen molar-refractivity contribution in [2.75, 3.05) is 12.4 Å². The quantitative estimate of drug-likeness (QED) is 0.565. The highest BCUT2D eigenvalue weighted by molar-refractivity contribution is 7.80. The molecule has 0 atom stereocenters. The molecule has 1 aliphatic carbocycles. The van der Waals surface area contributed by atoms with E-state index < -0.39 is 0 Å². The Morgan fingerprint density at radius 2 is 2.00 bits per heavy atom. The van der Waals surface area contributed by atoms with Crippen molar-refractivity contribution in [2.24, 2.45) is 5.92 Å². The standard InChI is InChI=1S/C11H20O2S/c12-11(7-9-14)13-8-6-10-4-2-1-3-5-10/h10,14H,1-9H2. The van der Waals surface area contributed by atoms with Crippen LogP contribution in [-0.2, 0) is 9.53 Å². The molecule has 0 spiro atoms.